The van der Waals surface area contributed by atoms with Crippen LogP contribution in [-0.4, -0.2) is 45.7 Å². The molecule has 0 aliphatic rings. The van der Waals surface area contributed by atoms with Crippen LogP contribution >= 0.6 is 0 Å². The molecule has 0 fully saturated rings. The third-order valence-corrected chi connectivity index (χ3v) is 2.80. The van der Waals surface area contributed by atoms with Gasteiger partial charge in [-0.1, -0.05) is 0 Å². The van der Waals surface area contributed by atoms with Crippen LogP contribution in [0.3, 0.4) is 0 Å². The van der Waals surface area contributed by atoms with Gasteiger partial charge in [0.25, 0.3) is 5.91 Å². The number of carbonyl (C=O) groups is 2. The van der Waals surface area contributed by atoms with E-state index in [0.29, 0.717) is 18.7 Å². The first-order valence-corrected chi connectivity index (χ1v) is 6.40. The summed E-state index contributed by atoms with van der Waals surface area (Å²) < 4.78 is 4.81. The molecule has 6 heteroatoms. The lowest BCUT2D eigenvalue weighted by atomic mass is 10.1. The molecule has 0 saturated heterocycles. The van der Waals surface area contributed by atoms with Gasteiger partial charge < -0.3 is 20.7 Å². The molecule has 6 nitrogen and oxygen atoms in total. The number of methoxy groups -OCH3 is 1. The molecule has 1 rings (SSSR count). The average Bonchev–Trinajstić information content (AvgIpc) is 2.45. The highest BCUT2D eigenvalue weighted by atomic mass is 16.5. The molecule has 0 bridgehead atoms. The third-order valence-electron chi connectivity index (χ3n) is 2.80. The van der Waals surface area contributed by atoms with Gasteiger partial charge in [-0.05, 0) is 30.7 Å². The predicted molar refractivity (Wildman–Crippen MR) is 77.9 cm³/mol. The highest BCUT2D eigenvalue weighted by molar-refractivity contribution is 5.97. The van der Waals surface area contributed by atoms with Gasteiger partial charge in [0.05, 0.1) is 13.2 Å². The van der Waals surface area contributed by atoms with Crippen molar-refractivity contribution in [2.45, 2.75) is 6.92 Å². The van der Waals surface area contributed by atoms with Crippen LogP contribution in [0.15, 0.2) is 18.2 Å². The van der Waals surface area contributed by atoms with Crippen molar-refractivity contribution < 1.29 is 14.3 Å². The van der Waals surface area contributed by atoms with Crippen LogP contribution < -0.4 is 16.0 Å². The quantitative estimate of drug-likeness (QED) is 0.636. The van der Waals surface area contributed by atoms with Gasteiger partial charge in [0, 0.05) is 32.0 Å². The molecule has 0 aromatic heterocycles. The fourth-order valence-electron chi connectivity index (χ4n) is 1.70. The number of carbonyl (C=O) groups excluding carboxylic acids is 2. The molecule has 3 N–H and O–H groups in total. The van der Waals surface area contributed by atoms with Crippen molar-refractivity contribution >= 4 is 17.5 Å². The molecular formula is C14H21N3O3. The van der Waals surface area contributed by atoms with E-state index in [1.807, 2.05) is 20.0 Å². The first-order valence-electron chi connectivity index (χ1n) is 6.40. The minimum atomic E-state index is -0.266. The Labute approximate surface area is 118 Å². The number of nitrogens with one attached hydrogen (secondary N) is 3. The zero-order valence-corrected chi connectivity index (χ0v) is 12.1. The summed E-state index contributed by atoms with van der Waals surface area (Å²) in [5.41, 5.74) is 2.48. The number of rotatable bonds is 7. The second kappa shape index (κ2) is 8.16. The fourth-order valence-corrected chi connectivity index (χ4v) is 1.70. The van der Waals surface area contributed by atoms with Gasteiger partial charge in [0.1, 0.15) is 0 Å². The standard InChI is InChI=1S/C14H21N3O3/c1-10-8-11(4-5-12(10)15-2)14(19)17-9-13(18)16-6-7-20-3/h4-5,8,15H,6-7,9H2,1-3H3,(H,16,18)(H,17,19). The summed E-state index contributed by atoms with van der Waals surface area (Å²) >= 11 is 0. The molecule has 0 aliphatic heterocycles. The maximum Gasteiger partial charge on any atom is 0.251 e. The largest absolute Gasteiger partial charge is 0.388 e. The molecule has 110 valence electrons. The Morgan fingerprint density at radius 3 is 2.60 bits per heavy atom. The Balaban J connectivity index is 2.46. The van der Waals surface area contributed by atoms with E-state index in [2.05, 4.69) is 16.0 Å². The van der Waals surface area contributed by atoms with Crippen molar-refractivity contribution in [3.63, 3.8) is 0 Å². The van der Waals surface area contributed by atoms with Gasteiger partial charge in [-0.15, -0.1) is 0 Å². The second-order valence-electron chi connectivity index (χ2n) is 4.31. The summed E-state index contributed by atoms with van der Waals surface area (Å²) in [6, 6.07) is 5.34. The van der Waals surface area contributed by atoms with Gasteiger partial charge >= 0.3 is 0 Å². The maximum absolute atomic E-state index is 11.9. The molecule has 2 amide bonds. The molecule has 0 aliphatic carbocycles. The third kappa shape index (κ3) is 4.89. The molecule has 0 atom stereocenters. The van der Waals surface area contributed by atoms with E-state index >= 15 is 0 Å². The molecule has 1 aromatic rings. The van der Waals surface area contributed by atoms with Crippen LogP contribution in [0, 0.1) is 6.92 Å². The van der Waals surface area contributed by atoms with Crippen molar-refractivity contribution in [2.75, 3.05) is 39.2 Å². The van der Waals surface area contributed by atoms with Crippen LogP contribution in [0.5, 0.6) is 0 Å². The molecule has 0 heterocycles. The molecule has 0 radical (unpaired) electrons. The minimum absolute atomic E-state index is 0.0463. The van der Waals surface area contributed by atoms with Crippen molar-refractivity contribution in [1.29, 1.82) is 0 Å². The lowest BCUT2D eigenvalue weighted by molar-refractivity contribution is -0.120. The zero-order chi connectivity index (χ0) is 15.0. The number of anilines is 1. The van der Waals surface area contributed by atoms with Crippen molar-refractivity contribution in [2.24, 2.45) is 0 Å². The summed E-state index contributed by atoms with van der Waals surface area (Å²) in [5, 5.41) is 8.24. The lowest BCUT2D eigenvalue weighted by Crippen LogP contribution is -2.38. The van der Waals surface area contributed by atoms with E-state index in [1.165, 1.54) is 0 Å². The van der Waals surface area contributed by atoms with Crippen molar-refractivity contribution in [3.05, 3.63) is 29.3 Å². The van der Waals surface area contributed by atoms with Crippen LogP contribution in [0.1, 0.15) is 15.9 Å². The summed E-state index contributed by atoms with van der Waals surface area (Å²) in [5.74, 6) is -0.503. The highest BCUT2D eigenvalue weighted by Gasteiger charge is 2.09. The Hall–Kier alpha value is -2.08. The zero-order valence-electron chi connectivity index (χ0n) is 12.1. The molecular weight excluding hydrogens is 258 g/mol. The summed E-state index contributed by atoms with van der Waals surface area (Å²) in [6.45, 7) is 2.75. The Morgan fingerprint density at radius 2 is 2.00 bits per heavy atom. The summed E-state index contributed by atoms with van der Waals surface area (Å²) in [4.78, 5) is 23.3. The molecule has 0 spiro atoms. The van der Waals surface area contributed by atoms with Crippen molar-refractivity contribution in [3.8, 4) is 0 Å². The topological polar surface area (TPSA) is 79.5 Å². The molecule has 0 unspecified atom stereocenters. The smallest absolute Gasteiger partial charge is 0.251 e. The minimum Gasteiger partial charge on any atom is -0.388 e. The maximum atomic E-state index is 11.9. The Morgan fingerprint density at radius 1 is 1.25 bits per heavy atom. The molecule has 1 aromatic carbocycles. The first kappa shape index (κ1) is 16.0. The van der Waals surface area contributed by atoms with E-state index in [9.17, 15) is 9.59 Å². The summed E-state index contributed by atoms with van der Waals surface area (Å²) in [6.07, 6.45) is 0. The monoisotopic (exact) mass is 279 g/mol. The fraction of sp³-hybridized carbons (Fsp3) is 0.429. The number of hydrogen-bond acceptors (Lipinski definition) is 4. The average molecular weight is 279 g/mol. The van der Waals surface area contributed by atoms with Crippen LogP contribution in [0.4, 0.5) is 5.69 Å². The van der Waals surface area contributed by atoms with Gasteiger partial charge in [0.15, 0.2) is 0 Å². The number of benzene rings is 1. The Kier molecular flexibility index (Phi) is 6.52. The van der Waals surface area contributed by atoms with Gasteiger partial charge in [-0.3, -0.25) is 9.59 Å². The van der Waals surface area contributed by atoms with E-state index in [-0.39, 0.29) is 18.4 Å². The second-order valence-corrected chi connectivity index (χ2v) is 4.31. The predicted octanol–water partition coefficient (Wildman–Crippen LogP) is 0.529. The SMILES string of the molecule is CNc1ccc(C(=O)NCC(=O)NCCOC)cc1C. The number of hydrogen-bond donors (Lipinski definition) is 3. The van der Waals surface area contributed by atoms with Crippen LogP contribution in [0.25, 0.3) is 0 Å². The van der Waals surface area contributed by atoms with Crippen LogP contribution in [-0.2, 0) is 9.53 Å². The number of ether oxygens (including phenoxy) is 1. The normalized spacial score (nSPS) is 9.95. The van der Waals surface area contributed by atoms with Gasteiger partial charge in [0.2, 0.25) is 5.91 Å². The van der Waals surface area contributed by atoms with E-state index in [4.69, 9.17) is 4.74 Å². The lowest BCUT2D eigenvalue weighted by Gasteiger charge is -2.09. The van der Waals surface area contributed by atoms with Crippen LogP contribution in [0.2, 0.25) is 0 Å². The summed E-state index contributed by atoms with van der Waals surface area (Å²) in [7, 11) is 3.39. The number of amides is 2. The highest BCUT2D eigenvalue weighted by Crippen LogP contribution is 2.15. The number of aryl methyl sites for hydroxylation is 1. The van der Waals surface area contributed by atoms with Crippen molar-refractivity contribution in [1.82, 2.24) is 10.6 Å². The van der Waals surface area contributed by atoms with E-state index < -0.39 is 0 Å². The molecule has 20 heavy (non-hydrogen) atoms. The Bertz CT molecular complexity index is 475. The van der Waals surface area contributed by atoms with E-state index in [1.54, 1.807) is 19.2 Å². The molecule has 0 saturated carbocycles. The first-order chi connectivity index (χ1) is 9.58. The van der Waals surface area contributed by atoms with Gasteiger partial charge in [-0.2, -0.15) is 0 Å². The van der Waals surface area contributed by atoms with E-state index in [0.717, 1.165) is 11.3 Å². The van der Waals surface area contributed by atoms with Gasteiger partial charge in [-0.25, -0.2) is 0 Å².